The molecule has 0 bridgehead atoms. The number of hydrogen-bond acceptors (Lipinski definition) is 4. The monoisotopic (exact) mass is 332 g/mol. The fraction of sp³-hybridized carbons (Fsp3) is 0.188. The smallest absolute Gasteiger partial charge is 0.431 e. The number of ether oxygens (including phenoxy) is 1. The molecule has 0 spiro atoms. The number of H-pyrrole nitrogens is 1. The van der Waals surface area contributed by atoms with E-state index in [2.05, 4.69) is 19.9 Å². The molecule has 5 nitrogen and oxygen atoms in total. The minimum atomic E-state index is -4.47. The quantitative estimate of drug-likeness (QED) is 0.725. The fourth-order valence-corrected chi connectivity index (χ4v) is 2.65. The number of rotatable bonds is 2. The average molecular weight is 332 g/mol. The Morgan fingerprint density at radius 1 is 1.25 bits per heavy atom. The molecule has 1 aliphatic heterocycles. The van der Waals surface area contributed by atoms with Crippen molar-refractivity contribution in [2.45, 2.75) is 12.1 Å². The maximum absolute atomic E-state index is 12.8. The molecule has 0 saturated heterocycles. The first kappa shape index (κ1) is 14.7. The second-order valence-corrected chi connectivity index (χ2v) is 5.37. The van der Waals surface area contributed by atoms with Crippen molar-refractivity contribution in [2.75, 3.05) is 6.61 Å². The van der Waals surface area contributed by atoms with Crippen molar-refractivity contribution in [3.05, 3.63) is 47.9 Å². The standard InChI is InChI=1S/C16H11F3N4O/c17-16(18,19)13-5-11-14(21-8-22-15(11)23-13)20-6-9-7-24-12-4-2-1-3-10(9)12/h1-6,8-9H,7H2,(H,21,22,23)/b20-6-. The fourth-order valence-electron chi connectivity index (χ4n) is 2.65. The van der Waals surface area contributed by atoms with Gasteiger partial charge in [0.25, 0.3) is 0 Å². The van der Waals surface area contributed by atoms with Crippen LogP contribution in [0.5, 0.6) is 5.75 Å². The lowest BCUT2D eigenvalue weighted by Crippen LogP contribution is -2.04. The van der Waals surface area contributed by atoms with E-state index in [-0.39, 0.29) is 22.8 Å². The summed E-state index contributed by atoms with van der Waals surface area (Å²) in [6, 6.07) is 8.56. The van der Waals surface area contributed by atoms with E-state index in [0.717, 1.165) is 17.4 Å². The molecular weight excluding hydrogens is 321 g/mol. The summed E-state index contributed by atoms with van der Waals surface area (Å²) in [5.41, 5.74) is 0.230. The third kappa shape index (κ3) is 2.49. The van der Waals surface area contributed by atoms with E-state index < -0.39 is 11.9 Å². The van der Waals surface area contributed by atoms with Crippen LogP contribution in [0, 0.1) is 0 Å². The molecule has 2 aromatic heterocycles. The molecule has 4 rings (SSSR count). The van der Waals surface area contributed by atoms with Gasteiger partial charge in [-0.2, -0.15) is 13.2 Å². The van der Waals surface area contributed by atoms with Crippen LogP contribution in [0.4, 0.5) is 19.0 Å². The summed E-state index contributed by atoms with van der Waals surface area (Å²) in [5, 5.41) is 0.230. The van der Waals surface area contributed by atoms with Gasteiger partial charge in [-0.15, -0.1) is 0 Å². The number of nitrogens with zero attached hydrogens (tertiary/aromatic N) is 3. The molecule has 1 N–H and O–H groups in total. The minimum absolute atomic E-state index is 0.0627. The Hall–Kier alpha value is -2.90. The van der Waals surface area contributed by atoms with Crippen molar-refractivity contribution in [3.8, 4) is 5.75 Å². The molecule has 1 atom stereocenters. The van der Waals surface area contributed by atoms with Crippen molar-refractivity contribution in [1.82, 2.24) is 15.0 Å². The maximum Gasteiger partial charge on any atom is 0.431 e. The number of halogens is 3. The minimum Gasteiger partial charge on any atom is -0.492 e. The molecule has 0 amide bonds. The highest BCUT2D eigenvalue weighted by molar-refractivity contribution is 5.88. The van der Waals surface area contributed by atoms with Crippen LogP contribution in [0.15, 0.2) is 41.7 Å². The first-order valence-electron chi connectivity index (χ1n) is 7.19. The summed E-state index contributed by atoms with van der Waals surface area (Å²) >= 11 is 0. The summed E-state index contributed by atoms with van der Waals surface area (Å²) in [5.74, 6) is 0.922. The first-order chi connectivity index (χ1) is 11.5. The van der Waals surface area contributed by atoms with E-state index in [1.54, 1.807) is 6.21 Å². The van der Waals surface area contributed by atoms with E-state index in [1.165, 1.54) is 6.33 Å². The third-order valence-corrected chi connectivity index (χ3v) is 3.82. The topological polar surface area (TPSA) is 63.2 Å². The number of aliphatic imine (C=N–C) groups is 1. The molecule has 1 unspecified atom stereocenters. The molecule has 8 heteroatoms. The van der Waals surface area contributed by atoms with E-state index >= 15 is 0 Å². The van der Waals surface area contributed by atoms with Crippen molar-refractivity contribution in [1.29, 1.82) is 0 Å². The van der Waals surface area contributed by atoms with E-state index in [1.807, 2.05) is 24.3 Å². The van der Waals surface area contributed by atoms with Gasteiger partial charge in [0.15, 0.2) is 5.82 Å². The first-order valence-corrected chi connectivity index (χ1v) is 7.19. The largest absolute Gasteiger partial charge is 0.492 e. The zero-order chi connectivity index (χ0) is 16.7. The van der Waals surface area contributed by atoms with Crippen LogP contribution in [0.25, 0.3) is 11.0 Å². The zero-order valence-corrected chi connectivity index (χ0v) is 12.2. The van der Waals surface area contributed by atoms with Gasteiger partial charge in [0, 0.05) is 11.8 Å². The van der Waals surface area contributed by atoms with Crippen molar-refractivity contribution in [3.63, 3.8) is 0 Å². The normalized spacial score (nSPS) is 17.4. The Bertz CT molecular complexity index is 932. The van der Waals surface area contributed by atoms with Gasteiger partial charge in [-0.25, -0.2) is 15.0 Å². The highest BCUT2D eigenvalue weighted by Crippen LogP contribution is 2.34. The highest BCUT2D eigenvalue weighted by atomic mass is 19.4. The van der Waals surface area contributed by atoms with Gasteiger partial charge in [0.2, 0.25) is 0 Å². The molecule has 3 heterocycles. The number of alkyl halides is 3. The summed E-state index contributed by atoms with van der Waals surface area (Å²) in [7, 11) is 0. The van der Waals surface area contributed by atoms with Gasteiger partial charge in [-0.1, -0.05) is 18.2 Å². The predicted molar refractivity (Wildman–Crippen MR) is 81.7 cm³/mol. The van der Waals surface area contributed by atoms with Crippen LogP contribution < -0.4 is 4.74 Å². The Balaban J connectivity index is 1.69. The molecule has 0 saturated carbocycles. The van der Waals surface area contributed by atoms with Gasteiger partial charge >= 0.3 is 6.18 Å². The van der Waals surface area contributed by atoms with Crippen LogP contribution in [0.3, 0.4) is 0 Å². The molecule has 3 aromatic rings. The number of benzene rings is 1. The second-order valence-electron chi connectivity index (χ2n) is 5.37. The lowest BCUT2D eigenvalue weighted by molar-refractivity contribution is -0.140. The number of aromatic amines is 1. The second kappa shape index (κ2) is 5.33. The summed E-state index contributed by atoms with van der Waals surface area (Å²) in [6.45, 7) is 0.442. The van der Waals surface area contributed by atoms with E-state index in [0.29, 0.717) is 6.61 Å². The van der Waals surface area contributed by atoms with E-state index in [4.69, 9.17) is 4.74 Å². The van der Waals surface area contributed by atoms with Crippen molar-refractivity contribution < 1.29 is 17.9 Å². The number of aromatic nitrogens is 3. The van der Waals surface area contributed by atoms with Gasteiger partial charge in [0.05, 0.1) is 11.3 Å². The molecule has 24 heavy (non-hydrogen) atoms. The average Bonchev–Trinajstić information content (AvgIpc) is 3.17. The Morgan fingerprint density at radius 2 is 2.08 bits per heavy atom. The highest BCUT2D eigenvalue weighted by Gasteiger charge is 2.33. The molecule has 0 fully saturated rings. The maximum atomic E-state index is 12.8. The van der Waals surface area contributed by atoms with Crippen LogP contribution >= 0.6 is 0 Å². The Kier molecular flexibility index (Phi) is 3.26. The lowest BCUT2D eigenvalue weighted by atomic mass is 10.0. The van der Waals surface area contributed by atoms with Crippen molar-refractivity contribution in [2.24, 2.45) is 4.99 Å². The third-order valence-electron chi connectivity index (χ3n) is 3.82. The summed E-state index contributed by atoms with van der Waals surface area (Å²) in [4.78, 5) is 14.3. The summed E-state index contributed by atoms with van der Waals surface area (Å²) in [6.07, 6.45) is -1.64. The Labute approximate surface area is 134 Å². The van der Waals surface area contributed by atoms with Gasteiger partial charge in [0.1, 0.15) is 30.0 Å². The van der Waals surface area contributed by atoms with Gasteiger partial charge < -0.3 is 9.72 Å². The Morgan fingerprint density at radius 3 is 2.92 bits per heavy atom. The lowest BCUT2D eigenvalue weighted by Gasteiger charge is -2.01. The van der Waals surface area contributed by atoms with E-state index in [9.17, 15) is 13.2 Å². The van der Waals surface area contributed by atoms with Crippen LogP contribution in [0.1, 0.15) is 17.2 Å². The van der Waals surface area contributed by atoms with Gasteiger partial charge in [-0.3, -0.25) is 0 Å². The molecule has 122 valence electrons. The molecule has 0 aliphatic carbocycles. The molecular formula is C16H11F3N4O. The number of hydrogen-bond donors (Lipinski definition) is 1. The predicted octanol–water partition coefficient (Wildman–Crippen LogP) is 3.86. The zero-order valence-electron chi connectivity index (χ0n) is 12.2. The molecule has 1 aliphatic rings. The summed E-state index contributed by atoms with van der Waals surface area (Å²) < 4.78 is 44.0. The molecule has 1 aromatic carbocycles. The SMILES string of the molecule is FC(F)(F)c1cc2c(/N=C\C3COc4ccccc43)ncnc2[nH]1. The van der Waals surface area contributed by atoms with Crippen LogP contribution in [0.2, 0.25) is 0 Å². The number of nitrogens with one attached hydrogen (secondary N) is 1. The van der Waals surface area contributed by atoms with Crippen LogP contribution in [-0.4, -0.2) is 27.8 Å². The molecule has 0 radical (unpaired) electrons. The van der Waals surface area contributed by atoms with Crippen molar-refractivity contribution >= 4 is 23.1 Å². The number of fused-ring (bicyclic) bond motifs is 2. The van der Waals surface area contributed by atoms with Crippen LogP contribution in [-0.2, 0) is 6.18 Å². The van der Waals surface area contributed by atoms with Gasteiger partial charge in [-0.05, 0) is 12.1 Å². The number of para-hydroxylation sites is 1.